The number of aryl methyl sites for hydroxylation is 1. The molecule has 5 heteroatoms. The summed E-state index contributed by atoms with van der Waals surface area (Å²) in [4.78, 5) is 0.0472. The fourth-order valence-corrected chi connectivity index (χ4v) is 2.93. The molecule has 0 bridgehead atoms. The maximum atomic E-state index is 13.1. The number of halogens is 2. The molecule has 0 aliphatic carbocycles. The minimum atomic E-state index is -3.80. The van der Waals surface area contributed by atoms with Crippen LogP contribution in [0, 0.1) is 12.7 Å². The molecule has 0 aliphatic heterocycles. The lowest BCUT2D eigenvalue weighted by Gasteiger charge is -2.06. The zero-order valence-corrected chi connectivity index (χ0v) is 11.1. The Bertz CT molecular complexity index is 696. The highest BCUT2D eigenvalue weighted by molar-refractivity contribution is 8.13. The van der Waals surface area contributed by atoms with Gasteiger partial charge in [-0.1, -0.05) is 24.3 Å². The highest BCUT2D eigenvalue weighted by Gasteiger charge is 2.14. The van der Waals surface area contributed by atoms with E-state index in [0.29, 0.717) is 16.7 Å². The molecule has 0 saturated carbocycles. The highest BCUT2D eigenvalue weighted by atomic mass is 35.7. The minimum Gasteiger partial charge on any atom is -0.207 e. The maximum absolute atomic E-state index is 13.1. The molecule has 0 N–H and O–H groups in total. The molecule has 0 heterocycles. The smallest absolute Gasteiger partial charge is 0.207 e. The largest absolute Gasteiger partial charge is 0.261 e. The third-order valence-electron chi connectivity index (χ3n) is 2.61. The fraction of sp³-hybridized carbons (Fsp3) is 0.0769. The van der Waals surface area contributed by atoms with Crippen molar-refractivity contribution in [2.24, 2.45) is 0 Å². The molecule has 0 radical (unpaired) electrons. The molecule has 0 amide bonds. The van der Waals surface area contributed by atoms with Crippen molar-refractivity contribution in [2.75, 3.05) is 0 Å². The summed E-state index contributed by atoms with van der Waals surface area (Å²) >= 11 is 0. The minimum absolute atomic E-state index is 0.0472. The molecule has 0 saturated heterocycles. The van der Waals surface area contributed by atoms with E-state index in [4.69, 9.17) is 10.7 Å². The molecule has 0 aromatic heterocycles. The van der Waals surface area contributed by atoms with E-state index in [0.717, 1.165) is 0 Å². The Morgan fingerprint density at radius 3 is 2.33 bits per heavy atom. The average molecular weight is 285 g/mol. The van der Waals surface area contributed by atoms with E-state index in [1.54, 1.807) is 31.2 Å². The zero-order valence-electron chi connectivity index (χ0n) is 9.52. The lowest BCUT2D eigenvalue weighted by atomic mass is 10.0. The van der Waals surface area contributed by atoms with Crippen molar-refractivity contribution < 1.29 is 12.8 Å². The van der Waals surface area contributed by atoms with E-state index >= 15 is 0 Å². The van der Waals surface area contributed by atoms with Crippen molar-refractivity contribution in [3.8, 4) is 11.1 Å². The van der Waals surface area contributed by atoms with Gasteiger partial charge >= 0.3 is 0 Å². The summed E-state index contributed by atoms with van der Waals surface area (Å²) in [5.74, 6) is -0.372. The van der Waals surface area contributed by atoms with Crippen LogP contribution in [0.1, 0.15) is 5.56 Å². The molecule has 0 spiro atoms. The first kappa shape index (κ1) is 13.1. The third kappa shape index (κ3) is 2.71. The van der Waals surface area contributed by atoms with E-state index in [1.165, 1.54) is 18.2 Å². The van der Waals surface area contributed by atoms with Crippen LogP contribution in [0.15, 0.2) is 47.4 Å². The van der Waals surface area contributed by atoms with Crippen LogP contribution >= 0.6 is 10.7 Å². The predicted octanol–water partition coefficient (Wildman–Crippen LogP) is 3.73. The summed E-state index contributed by atoms with van der Waals surface area (Å²) in [6, 6.07) is 10.8. The quantitative estimate of drug-likeness (QED) is 0.788. The molecule has 2 aromatic carbocycles. The number of benzene rings is 2. The Morgan fingerprint density at radius 2 is 1.72 bits per heavy atom. The van der Waals surface area contributed by atoms with Gasteiger partial charge in [0, 0.05) is 10.7 Å². The van der Waals surface area contributed by atoms with Crippen molar-refractivity contribution in [2.45, 2.75) is 11.8 Å². The van der Waals surface area contributed by atoms with E-state index < -0.39 is 9.05 Å². The van der Waals surface area contributed by atoms with Crippen LogP contribution < -0.4 is 0 Å². The van der Waals surface area contributed by atoms with E-state index in [1.807, 2.05) is 0 Å². The van der Waals surface area contributed by atoms with E-state index in [-0.39, 0.29) is 10.7 Å². The summed E-state index contributed by atoms with van der Waals surface area (Å²) in [6.07, 6.45) is 0. The monoisotopic (exact) mass is 284 g/mol. The second-order valence-corrected chi connectivity index (χ2v) is 6.46. The summed E-state index contributed by atoms with van der Waals surface area (Å²) < 4.78 is 35.9. The van der Waals surface area contributed by atoms with Crippen molar-refractivity contribution in [3.63, 3.8) is 0 Å². The summed E-state index contributed by atoms with van der Waals surface area (Å²) in [6.45, 7) is 1.66. The summed E-state index contributed by atoms with van der Waals surface area (Å²) in [5, 5.41) is 0. The average Bonchev–Trinajstić information content (AvgIpc) is 2.28. The van der Waals surface area contributed by atoms with Gasteiger partial charge in [-0.25, -0.2) is 12.8 Å². The molecule has 2 rings (SSSR count). The van der Waals surface area contributed by atoms with Gasteiger partial charge in [0.15, 0.2) is 0 Å². The second-order valence-electron chi connectivity index (χ2n) is 3.93. The highest BCUT2D eigenvalue weighted by Crippen LogP contribution is 2.27. The van der Waals surface area contributed by atoms with Gasteiger partial charge < -0.3 is 0 Å². The van der Waals surface area contributed by atoms with Gasteiger partial charge in [0.05, 0.1) is 4.90 Å². The van der Waals surface area contributed by atoms with E-state index in [9.17, 15) is 12.8 Å². The van der Waals surface area contributed by atoms with Gasteiger partial charge in [-0.3, -0.25) is 0 Å². The Labute approximate surface area is 109 Å². The predicted molar refractivity (Wildman–Crippen MR) is 69.6 cm³/mol. The fourth-order valence-electron chi connectivity index (χ4n) is 1.71. The Hall–Kier alpha value is -1.39. The van der Waals surface area contributed by atoms with Crippen molar-refractivity contribution >= 4 is 19.7 Å². The van der Waals surface area contributed by atoms with Crippen LogP contribution in [0.5, 0.6) is 0 Å². The van der Waals surface area contributed by atoms with E-state index in [2.05, 4.69) is 0 Å². The first-order chi connectivity index (χ1) is 8.38. The lowest BCUT2D eigenvalue weighted by molar-refractivity contribution is 0.609. The third-order valence-corrected chi connectivity index (χ3v) is 4.07. The molecule has 94 valence electrons. The van der Waals surface area contributed by atoms with Gasteiger partial charge in [-0.2, -0.15) is 0 Å². The number of hydrogen-bond donors (Lipinski definition) is 0. The Kier molecular flexibility index (Phi) is 3.41. The molecule has 18 heavy (non-hydrogen) atoms. The normalized spacial score (nSPS) is 11.5. The SMILES string of the molecule is Cc1ccc(-c2cccc(F)c2)cc1S(=O)(=O)Cl. The molecular formula is C13H10ClFO2S. The molecule has 2 nitrogen and oxygen atoms in total. The van der Waals surface area contributed by atoms with Crippen LogP contribution in [0.2, 0.25) is 0 Å². The molecular weight excluding hydrogens is 275 g/mol. The molecule has 0 atom stereocenters. The van der Waals surface area contributed by atoms with Gasteiger partial charge in [0.25, 0.3) is 9.05 Å². The van der Waals surface area contributed by atoms with Crippen LogP contribution in [-0.4, -0.2) is 8.42 Å². The molecule has 0 aliphatic rings. The van der Waals surface area contributed by atoms with Gasteiger partial charge in [0.2, 0.25) is 0 Å². The van der Waals surface area contributed by atoms with Crippen LogP contribution in [0.3, 0.4) is 0 Å². The van der Waals surface area contributed by atoms with Crippen molar-refractivity contribution in [1.29, 1.82) is 0 Å². The zero-order chi connectivity index (χ0) is 13.3. The molecule has 0 fully saturated rings. The number of hydrogen-bond acceptors (Lipinski definition) is 2. The topological polar surface area (TPSA) is 34.1 Å². The maximum Gasteiger partial charge on any atom is 0.261 e. The van der Waals surface area contributed by atoms with Crippen LogP contribution in [0.25, 0.3) is 11.1 Å². The molecule has 2 aromatic rings. The lowest BCUT2D eigenvalue weighted by Crippen LogP contribution is -1.95. The van der Waals surface area contributed by atoms with Gasteiger partial charge in [-0.15, -0.1) is 0 Å². The second kappa shape index (κ2) is 4.71. The summed E-state index contributed by atoms with van der Waals surface area (Å²) in [5.41, 5.74) is 1.78. The Balaban J connectivity index is 2.61. The first-order valence-electron chi connectivity index (χ1n) is 5.19. The van der Waals surface area contributed by atoms with Gasteiger partial charge in [0.1, 0.15) is 5.82 Å². The number of rotatable bonds is 2. The standard InChI is InChI=1S/C13H10ClFO2S/c1-9-5-6-11(8-13(9)18(14,16)17)10-3-2-4-12(15)7-10/h2-8H,1H3. The van der Waals surface area contributed by atoms with Crippen molar-refractivity contribution in [3.05, 3.63) is 53.8 Å². The van der Waals surface area contributed by atoms with Gasteiger partial charge in [-0.05, 0) is 41.8 Å². The Morgan fingerprint density at radius 1 is 1.06 bits per heavy atom. The molecule has 0 unspecified atom stereocenters. The van der Waals surface area contributed by atoms with Crippen molar-refractivity contribution in [1.82, 2.24) is 0 Å². The van der Waals surface area contributed by atoms with Crippen LogP contribution in [0.4, 0.5) is 4.39 Å². The summed E-state index contributed by atoms with van der Waals surface area (Å²) in [7, 11) is 1.56. The van der Waals surface area contributed by atoms with Crippen LogP contribution in [-0.2, 0) is 9.05 Å². The first-order valence-corrected chi connectivity index (χ1v) is 7.50.